The molecule has 0 bridgehead atoms. The molecular weight excluding hydrogens is 484 g/mol. The number of hydrogen-bond acceptors (Lipinski definition) is 9. The van der Waals surface area contributed by atoms with Gasteiger partial charge < -0.3 is 24.3 Å². The number of nitrogens with one attached hydrogen (secondary N) is 1. The molecule has 2 N–H and O–H groups in total. The Bertz CT molecular complexity index is 1260. The van der Waals surface area contributed by atoms with Crippen LogP contribution in [0.15, 0.2) is 27.4 Å². The molecule has 1 saturated heterocycles. The molecule has 0 radical (unpaired) electrons. The summed E-state index contributed by atoms with van der Waals surface area (Å²) in [6.45, 7) is 6.09. The molecule has 3 heterocycles. The number of nitrogens with zero attached hydrogens (tertiary/aromatic N) is 1. The van der Waals surface area contributed by atoms with E-state index in [4.69, 9.17) is 13.9 Å². The van der Waals surface area contributed by atoms with E-state index in [-0.39, 0.29) is 41.0 Å². The second kappa shape index (κ2) is 11.0. The fourth-order valence-electron chi connectivity index (χ4n) is 3.85. The minimum Gasteiger partial charge on any atom is -0.504 e. The predicted molar refractivity (Wildman–Crippen MR) is 131 cm³/mol. The first-order valence-electron chi connectivity index (χ1n) is 10.5. The molecule has 2 aromatic heterocycles. The molecule has 34 heavy (non-hydrogen) atoms. The Morgan fingerprint density at radius 1 is 1.32 bits per heavy atom. The lowest BCUT2D eigenvalue weighted by Crippen LogP contribution is -2.41. The minimum absolute atomic E-state index is 0. The highest BCUT2D eigenvalue weighted by Gasteiger charge is 2.22. The van der Waals surface area contributed by atoms with Crippen molar-refractivity contribution in [2.75, 3.05) is 46.5 Å². The van der Waals surface area contributed by atoms with Gasteiger partial charge in [0.25, 0.3) is 5.91 Å². The Morgan fingerprint density at radius 3 is 2.74 bits per heavy atom. The fourth-order valence-corrected chi connectivity index (χ4v) is 4.87. The van der Waals surface area contributed by atoms with Gasteiger partial charge in [-0.2, -0.15) is 0 Å². The molecule has 1 amide bonds. The number of methoxy groups -OCH3 is 1. The number of phenolic OH excluding ortho intramolecular Hbond substituents is 1. The summed E-state index contributed by atoms with van der Waals surface area (Å²) in [6, 6.07) is 4.89. The fraction of sp³-hybridized carbons (Fsp3) is 0.348. The van der Waals surface area contributed by atoms with Gasteiger partial charge in [-0.05, 0) is 30.7 Å². The number of halogens is 1. The number of benzene rings is 1. The van der Waals surface area contributed by atoms with Crippen LogP contribution in [0.25, 0.3) is 21.4 Å². The third-order valence-corrected chi connectivity index (χ3v) is 6.76. The van der Waals surface area contributed by atoms with E-state index < -0.39 is 5.63 Å². The van der Waals surface area contributed by atoms with Crippen LogP contribution in [-0.2, 0) is 4.74 Å². The lowest BCUT2D eigenvalue weighted by atomic mass is 10.0. The third-order valence-electron chi connectivity index (χ3n) is 5.66. The van der Waals surface area contributed by atoms with E-state index in [2.05, 4.69) is 10.2 Å². The summed E-state index contributed by atoms with van der Waals surface area (Å²) in [5.74, 6) is -0.501. The third kappa shape index (κ3) is 4.95. The summed E-state index contributed by atoms with van der Waals surface area (Å²) >= 11 is 1.18. The molecule has 11 heteroatoms. The van der Waals surface area contributed by atoms with Gasteiger partial charge in [0, 0.05) is 36.4 Å². The topological polar surface area (TPSA) is 118 Å². The van der Waals surface area contributed by atoms with Crippen molar-refractivity contribution in [3.63, 3.8) is 0 Å². The van der Waals surface area contributed by atoms with Gasteiger partial charge in [0.15, 0.2) is 23.4 Å². The molecule has 1 aliphatic rings. The van der Waals surface area contributed by atoms with Crippen LogP contribution in [0.3, 0.4) is 0 Å². The quantitative estimate of drug-likeness (QED) is 0.369. The van der Waals surface area contributed by atoms with Crippen LogP contribution in [0.5, 0.6) is 11.5 Å². The van der Waals surface area contributed by atoms with E-state index in [1.165, 1.54) is 24.5 Å². The van der Waals surface area contributed by atoms with Crippen LogP contribution in [0.1, 0.15) is 25.6 Å². The standard InChI is InChI=1S/C23H24N2O7S.ClH/c1-13-14-11-16(30-2)20(27)15(12-26)21(14)32-23(29)19(13)17-3-4-18(33-17)22(28)24-5-6-25-7-9-31-10-8-25;/h3-4,11-12,27H,5-10H2,1-2H3,(H,24,28);1H. The number of aldehydes is 1. The zero-order chi connectivity index (χ0) is 23.5. The van der Waals surface area contributed by atoms with Gasteiger partial charge in [0.05, 0.1) is 30.8 Å². The van der Waals surface area contributed by atoms with Crippen molar-refractivity contribution in [2.45, 2.75) is 6.92 Å². The second-order valence-corrected chi connectivity index (χ2v) is 8.68. The molecule has 0 spiro atoms. The summed E-state index contributed by atoms with van der Waals surface area (Å²) in [7, 11) is 1.37. The highest BCUT2D eigenvalue weighted by atomic mass is 35.5. The van der Waals surface area contributed by atoms with Crippen molar-refractivity contribution in [2.24, 2.45) is 0 Å². The van der Waals surface area contributed by atoms with E-state index >= 15 is 0 Å². The van der Waals surface area contributed by atoms with Gasteiger partial charge in [-0.3, -0.25) is 14.5 Å². The highest BCUT2D eigenvalue weighted by Crippen LogP contribution is 2.39. The second-order valence-electron chi connectivity index (χ2n) is 7.60. The molecule has 182 valence electrons. The Labute approximate surface area is 205 Å². The number of rotatable bonds is 7. The minimum atomic E-state index is -0.659. The van der Waals surface area contributed by atoms with Gasteiger partial charge in [-0.1, -0.05) is 0 Å². The van der Waals surface area contributed by atoms with Gasteiger partial charge in [-0.25, -0.2) is 4.79 Å². The SMILES string of the molecule is COc1cc2c(C)c(-c3ccc(C(=O)NCCN4CCOCC4)s3)c(=O)oc2c(C=O)c1O.Cl. The predicted octanol–water partition coefficient (Wildman–Crippen LogP) is 2.84. The Kier molecular flexibility index (Phi) is 8.32. The molecule has 1 fully saturated rings. The van der Waals surface area contributed by atoms with E-state index in [9.17, 15) is 19.5 Å². The number of carbonyl (C=O) groups is 2. The summed E-state index contributed by atoms with van der Waals surface area (Å²) in [5.41, 5.74) is 0.0387. The van der Waals surface area contributed by atoms with Gasteiger partial charge in [-0.15, -0.1) is 23.7 Å². The molecule has 0 unspecified atom stereocenters. The Morgan fingerprint density at radius 2 is 2.06 bits per heavy atom. The summed E-state index contributed by atoms with van der Waals surface area (Å²) in [5, 5.41) is 13.6. The van der Waals surface area contributed by atoms with Crippen LogP contribution in [0.2, 0.25) is 0 Å². The first-order chi connectivity index (χ1) is 15.9. The molecule has 4 rings (SSSR count). The number of ether oxygens (including phenoxy) is 2. The number of aromatic hydroxyl groups is 1. The number of amides is 1. The number of thiophene rings is 1. The van der Waals surface area contributed by atoms with Crippen LogP contribution in [0, 0.1) is 6.92 Å². The molecule has 0 atom stereocenters. The van der Waals surface area contributed by atoms with Gasteiger partial charge >= 0.3 is 5.63 Å². The average molecular weight is 509 g/mol. The molecule has 0 aliphatic carbocycles. The lowest BCUT2D eigenvalue weighted by Gasteiger charge is -2.26. The zero-order valence-electron chi connectivity index (χ0n) is 18.7. The number of phenols is 1. The molecule has 9 nitrogen and oxygen atoms in total. The van der Waals surface area contributed by atoms with E-state index in [1.54, 1.807) is 19.1 Å². The maximum Gasteiger partial charge on any atom is 0.345 e. The molecule has 1 aliphatic heterocycles. The zero-order valence-corrected chi connectivity index (χ0v) is 20.3. The summed E-state index contributed by atoms with van der Waals surface area (Å²) in [6.07, 6.45) is 0.423. The highest BCUT2D eigenvalue weighted by molar-refractivity contribution is 7.17. The maximum absolute atomic E-state index is 12.8. The maximum atomic E-state index is 12.8. The van der Waals surface area contributed by atoms with Gasteiger partial charge in [0.2, 0.25) is 0 Å². The van der Waals surface area contributed by atoms with Crippen molar-refractivity contribution in [1.29, 1.82) is 0 Å². The average Bonchev–Trinajstić information content (AvgIpc) is 3.29. The van der Waals surface area contributed by atoms with Crippen molar-refractivity contribution in [3.8, 4) is 21.9 Å². The Balaban J connectivity index is 0.00000324. The van der Waals surface area contributed by atoms with Crippen molar-refractivity contribution < 1.29 is 28.6 Å². The van der Waals surface area contributed by atoms with Crippen molar-refractivity contribution in [3.05, 3.63) is 44.6 Å². The molecule has 0 saturated carbocycles. The van der Waals surface area contributed by atoms with E-state index in [1.807, 2.05) is 0 Å². The molecule has 1 aromatic carbocycles. The normalized spacial score (nSPS) is 13.9. The largest absolute Gasteiger partial charge is 0.504 e. The number of fused-ring (bicyclic) bond motifs is 1. The van der Waals surface area contributed by atoms with Crippen LogP contribution >= 0.6 is 23.7 Å². The van der Waals surface area contributed by atoms with E-state index in [0.29, 0.717) is 52.3 Å². The first-order valence-corrected chi connectivity index (χ1v) is 11.3. The molecular formula is C23H25ClN2O7S. The molecule has 3 aromatic rings. The number of hydrogen-bond donors (Lipinski definition) is 2. The van der Waals surface area contributed by atoms with E-state index in [0.717, 1.165) is 19.6 Å². The first kappa shape index (κ1) is 25.7. The van der Waals surface area contributed by atoms with Crippen LogP contribution < -0.4 is 15.7 Å². The van der Waals surface area contributed by atoms with Crippen LogP contribution in [0.4, 0.5) is 0 Å². The van der Waals surface area contributed by atoms with Crippen molar-refractivity contribution in [1.82, 2.24) is 10.2 Å². The van der Waals surface area contributed by atoms with Gasteiger partial charge in [0.1, 0.15) is 5.56 Å². The van der Waals surface area contributed by atoms with Crippen molar-refractivity contribution >= 4 is 46.9 Å². The monoisotopic (exact) mass is 508 g/mol. The number of carbonyl (C=O) groups excluding carboxylic acids is 2. The smallest absolute Gasteiger partial charge is 0.345 e. The summed E-state index contributed by atoms with van der Waals surface area (Å²) in [4.78, 5) is 40.2. The van der Waals surface area contributed by atoms with Crippen LogP contribution in [-0.4, -0.2) is 68.7 Å². The lowest BCUT2D eigenvalue weighted by molar-refractivity contribution is 0.0383. The number of morpholine rings is 1. The number of aryl methyl sites for hydroxylation is 1. The Hall–Kier alpha value is -2.92. The summed E-state index contributed by atoms with van der Waals surface area (Å²) < 4.78 is 15.9.